The first-order valence-electron chi connectivity index (χ1n) is 17.0. The zero-order valence-electron chi connectivity index (χ0n) is 30.8. The van der Waals surface area contributed by atoms with Gasteiger partial charge in [0.2, 0.25) is 0 Å². The van der Waals surface area contributed by atoms with Crippen molar-refractivity contribution in [2.45, 2.75) is 134 Å². The maximum atomic E-state index is 4.85. The summed E-state index contributed by atoms with van der Waals surface area (Å²) in [7, 11) is 0. The summed E-state index contributed by atoms with van der Waals surface area (Å²) in [5, 5.41) is 3.35. The van der Waals surface area contributed by atoms with Crippen LogP contribution in [-0.4, -0.2) is 13.1 Å². The third-order valence-electron chi connectivity index (χ3n) is 6.10. The van der Waals surface area contributed by atoms with E-state index in [0.29, 0.717) is 17.8 Å². The number of rotatable bonds is 11. The molecule has 42 heavy (non-hydrogen) atoms. The third-order valence-corrected chi connectivity index (χ3v) is 6.10. The molecule has 0 radical (unpaired) electrons. The molecule has 246 valence electrons. The fraction of sp³-hybridized carbons (Fsp3) is 0.600. The summed E-state index contributed by atoms with van der Waals surface area (Å²) in [4.78, 5) is 0. The number of nitrogens with two attached hydrogens (primary N) is 1. The molecule has 3 N–H and O–H groups in total. The van der Waals surface area contributed by atoms with Gasteiger partial charge in [0.05, 0.1) is 0 Å². The highest BCUT2D eigenvalue weighted by atomic mass is 14.9. The molecule has 2 heteroatoms. The molecule has 1 aromatic rings. The van der Waals surface area contributed by atoms with Crippen molar-refractivity contribution in [1.82, 2.24) is 5.32 Å². The second kappa shape index (κ2) is 40.8. The lowest BCUT2D eigenvalue weighted by atomic mass is 9.83. The number of hydrogen-bond donors (Lipinski definition) is 2. The Kier molecular flexibility index (Phi) is 48.0. The summed E-state index contributed by atoms with van der Waals surface area (Å²) >= 11 is 0. The van der Waals surface area contributed by atoms with E-state index < -0.39 is 0 Å². The Morgan fingerprint density at radius 3 is 1.93 bits per heavy atom. The minimum Gasteiger partial charge on any atom is -0.385 e. The summed E-state index contributed by atoms with van der Waals surface area (Å²) in [6.45, 7) is 39.8. The topological polar surface area (TPSA) is 38.0 Å². The Balaban J connectivity index is -0.000000159. The van der Waals surface area contributed by atoms with Crippen molar-refractivity contribution in [3.63, 3.8) is 0 Å². The molecule has 1 aliphatic carbocycles. The van der Waals surface area contributed by atoms with Crippen molar-refractivity contribution in [3.05, 3.63) is 96.8 Å². The second-order valence-electron chi connectivity index (χ2n) is 9.53. The molecule has 0 fully saturated rings. The van der Waals surface area contributed by atoms with Crippen LogP contribution in [0.2, 0.25) is 0 Å². The summed E-state index contributed by atoms with van der Waals surface area (Å²) in [5.41, 5.74) is 10.3. The quantitative estimate of drug-likeness (QED) is 0.200. The van der Waals surface area contributed by atoms with Gasteiger partial charge in [0, 0.05) is 12.2 Å². The van der Waals surface area contributed by atoms with Gasteiger partial charge in [-0.15, -0.1) is 13.2 Å². The van der Waals surface area contributed by atoms with Crippen molar-refractivity contribution in [3.8, 4) is 0 Å². The number of allylic oxidation sites excluding steroid dienone is 5. The van der Waals surface area contributed by atoms with E-state index in [1.807, 2.05) is 55.4 Å². The molecule has 0 aliphatic heterocycles. The highest BCUT2D eigenvalue weighted by Gasteiger charge is 2.16. The van der Waals surface area contributed by atoms with Crippen LogP contribution in [0.4, 0.5) is 0 Å². The molecule has 0 bridgehead atoms. The van der Waals surface area contributed by atoms with Gasteiger partial charge in [-0.3, -0.25) is 0 Å². The SMILES string of the molecule is C=C(CC)NCC1=CC(C)CC=C1C.C=CC.C=CC(C)C(CCCCC)c1ccccc1.CC.CC.CC.CCN. The Hall–Kier alpha value is -2.32. The van der Waals surface area contributed by atoms with Gasteiger partial charge in [-0.25, -0.2) is 0 Å². The minimum atomic E-state index is 0.569. The Morgan fingerprint density at radius 2 is 1.50 bits per heavy atom. The smallest absolute Gasteiger partial charge is 0.0397 e. The predicted octanol–water partition coefficient (Wildman–Crippen LogP) is 12.8. The molecule has 3 unspecified atom stereocenters. The maximum absolute atomic E-state index is 4.85. The molecule has 0 saturated heterocycles. The third kappa shape index (κ3) is 30.6. The van der Waals surface area contributed by atoms with Crippen LogP contribution >= 0.6 is 0 Å². The number of nitrogens with one attached hydrogen (secondary N) is 1. The Morgan fingerprint density at radius 1 is 1.00 bits per heavy atom. The van der Waals surface area contributed by atoms with Crippen LogP contribution in [0.3, 0.4) is 0 Å². The van der Waals surface area contributed by atoms with Gasteiger partial charge in [0.1, 0.15) is 0 Å². The summed E-state index contributed by atoms with van der Waals surface area (Å²) in [6.07, 6.45) is 16.0. The van der Waals surface area contributed by atoms with Crippen LogP contribution in [0.5, 0.6) is 0 Å². The molecule has 0 saturated carbocycles. The number of benzene rings is 1. The number of unbranched alkanes of at least 4 members (excludes halogenated alkanes) is 2. The van der Waals surface area contributed by atoms with E-state index in [1.54, 1.807) is 6.08 Å². The van der Waals surface area contributed by atoms with E-state index in [-0.39, 0.29) is 0 Å². The van der Waals surface area contributed by atoms with Crippen LogP contribution in [0.1, 0.15) is 140 Å². The predicted molar refractivity (Wildman–Crippen MR) is 200 cm³/mol. The molecule has 3 atom stereocenters. The lowest BCUT2D eigenvalue weighted by molar-refractivity contribution is 0.482. The van der Waals surface area contributed by atoms with Crippen molar-refractivity contribution in [2.75, 3.05) is 13.1 Å². The summed E-state index contributed by atoms with van der Waals surface area (Å²) < 4.78 is 0. The molecule has 1 aliphatic rings. The van der Waals surface area contributed by atoms with Crippen molar-refractivity contribution in [2.24, 2.45) is 17.6 Å². The van der Waals surface area contributed by atoms with E-state index in [9.17, 15) is 0 Å². The van der Waals surface area contributed by atoms with Crippen molar-refractivity contribution >= 4 is 0 Å². The molecule has 0 amide bonds. The highest BCUT2D eigenvalue weighted by molar-refractivity contribution is 5.34. The van der Waals surface area contributed by atoms with Crippen LogP contribution in [0.15, 0.2) is 91.2 Å². The molecular weight excluding hydrogens is 508 g/mol. The molecule has 2 nitrogen and oxygen atoms in total. The van der Waals surface area contributed by atoms with Crippen molar-refractivity contribution in [1.29, 1.82) is 0 Å². The standard InChI is InChI=1S/C16H24.C13H21N.C3H6.C2H7N.3C2H6/c1-4-6-8-13-16(14(3)5-2)15-11-9-7-10-12-15;1-5-12(4)14-9-13-8-10(2)6-7-11(13)3;1-3-2;1-2-3;3*1-2/h5,7,9-12,14,16H,2,4,6,8,13H2,1,3H3;7-8,10,14H,4-6,9H2,1-3H3;3H,1H2,2H3;2-3H2,1H3;3*1-2H3. The van der Waals surface area contributed by atoms with Gasteiger partial charge in [0.15, 0.2) is 0 Å². The Labute approximate surface area is 266 Å². The summed E-state index contributed by atoms with van der Waals surface area (Å²) in [5.74, 6) is 1.90. The lowest BCUT2D eigenvalue weighted by Gasteiger charge is -2.21. The second-order valence-corrected chi connectivity index (χ2v) is 9.53. The normalized spacial score (nSPS) is 13.7. The molecule has 0 aromatic heterocycles. The zero-order valence-corrected chi connectivity index (χ0v) is 30.8. The van der Waals surface area contributed by atoms with E-state index >= 15 is 0 Å². The molecule has 0 heterocycles. The molecule has 0 spiro atoms. The fourth-order valence-electron chi connectivity index (χ4n) is 3.79. The molecule has 1 aromatic carbocycles. The molecular formula is C40H76N2. The Bertz CT molecular complexity index is 742. The van der Waals surface area contributed by atoms with Crippen molar-refractivity contribution < 1.29 is 0 Å². The monoisotopic (exact) mass is 585 g/mol. The van der Waals surface area contributed by atoms with Crippen LogP contribution in [-0.2, 0) is 0 Å². The van der Waals surface area contributed by atoms with Gasteiger partial charge >= 0.3 is 0 Å². The van der Waals surface area contributed by atoms with E-state index in [2.05, 4.69) is 108 Å². The van der Waals surface area contributed by atoms with Crippen LogP contribution in [0.25, 0.3) is 0 Å². The lowest BCUT2D eigenvalue weighted by Crippen LogP contribution is -2.17. The van der Waals surface area contributed by atoms with Gasteiger partial charge in [-0.1, -0.05) is 162 Å². The average Bonchev–Trinajstić information content (AvgIpc) is 3.03. The van der Waals surface area contributed by atoms with E-state index in [0.717, 1.165) is 25.2 Å². The first-order chi connectivity index (χ1) is 20.2. The molecule has 2 rings (SSSR count). The van der Waals surface area contributed by atoms with Gasteiger partial charge < -0.3 is 11.1 Å². The van der Waals surface area contributed by atoms with E-state index in [1.165, 1.54) is 48.8 Å². The zero-order chi connectivity index (χ0) is 33.8. The first kappa shape index (κ1) is 49.4. The summed E-state index contributed by atoms with van der Waals surface area (Å²) in [6, 6.07) is 10.9. The maximum Gasteiger partial charge on any atom is 0.0397 e. The van der Waals surface area contributed by atoms with Crippen LogP contribution in [0, 0.1) is 11.8 Å². The van der Waals surface area contributed by atoms with E-state index in [4.69, 9.17) is 5.73 Å². The number of hydrogen-bond acceptors (Lipinski definition) is 2. The first-order valence-corrected chi connectivity index (χ1v) is 17.0. The minimum absolute atomic E-state index is 0.569. The van der Waals surface area contributed by atoms with Crippen LogP contribution < -0.4 is 11.1 Å². The van der Waals surface area contributed by atoms with Gasteiger partial charge in [-0.2, -0.15) is 0 Å². The fourth-order valence-corrected chi connectivity index (χ4v) is 3.79. The highest BCUT2D eigenvalue weighted by Crippen LogP contribution is 2.30. The van der Waals surface area contributed by atoms with Gasteiger partial charge in [0.25, 0.3) is 0 Å². The largest absolute Gasteiger partial charge is 0.385 e. The van der Waals surface area contributed by atoms with Gasteiger partial charge in [-0.05, 0) is 68.5 Å². The average molecular weight is 585 g/mol.